The third-order valence-electron chi connectivity index (χ3n) is 0. The Kier molecular flexibility index (Phi) is 77.3. The van der Waals surface area contributed by atoms with Crippen LogP contribution in [-0.4, -0.2) is 48.4 Å². The second-order valence-electron chi connectivity index (χ2n) is 0. The van der Waals surface area contributed by atoms with Crippen LogP contribution in [0.4, 0.5) is 0 Å². The minimum atomic E-state index is 0. The Morgan fingerprint density at radius 2 is 1.25 bits per heavy atom. The first kappa shape index (κ1) is 16.4. The third kappa shape index (κ3) is 8.88. The molecule has 0 aromatic carbocycles. The van der Waals surface area contributed by atoms with Crippen molar-refractivity contribution in [2.24, 2.45) is 0 Å². The summed E-state index contributed by atoms with van der Waals surface area (Å²) >= 11 is 0.300. The van der Waals surface area contributed by atoms with Gasteiger partial charge in [-0.25, -0.2) is 0 Å². The molecule has 0 aromatic heterocycles. The fraction of sp³-hybridized carbons (Fsp3) is 0. The van der Waals surface area contributed by atoms with Crippen LogP contribution >= 0.6 is 0 Å². The van der Waals surface area contributed by atoms with E-state index in [4.69, 9.17) is 3.08 Å². The van der Waals surface area contributed by atoms with Gasteiger partial charge in [0, 0.05) is 48.2 Å². The van der Waals surface area contributed by atoms with Gasteiger partial charge in [-0.1, -0.05) is 0 Å². The minimum absolute atomic E-state index is 0. The normalized spacial score (nSPS) is 1.00. The van der Waals surface area contributed by atoms with Gasteiger partial charge in [-0.2, -0.15) is 0 Å². The van der Waals surface area contributed by atoms with E-state index in [0.29, 0.717) is 22.5 Å². The summed E-state index contributed by atoms with van der Waals surface area (Å²) in [6.45, 7) is 0. The molecule has 0 atom stereocenters. The molecular weight excluding hydrogens is 446 g/mol. The Morgan fingerprint density at radius 1 is 1.25 bits per heavy atom. The summed E-state index contributed by atoms with van der Waals surface area (Å²) in [6, 6.07) is 0. The van der Waals surface area contributed by atoms with E-state index >= 15 is 0 Å². The number of hydrogen-bond acceptors (Lipinski definition) is 1. The average Bonchev–Trinajstić information content (AvgIpc) is 1.00. The van der Waals surface area contributed by atoms with Crippen LogP contribution in [0.3, 0.4) is 0 Å². The van der Waals surface area contributed by atoms with Crippen molar-refractivity contribution in [1.82, 2.24) is 0 Å². The topological polar surface area (TPSA) is 17.1 Å². The number of rotatable bonds is 0. The monoisotopic (exact) mass is 448 g/mol. The summed E-state index contributed by atoms with van der Waals surface area (Å²) in [5.41, 5.74) is 0. The fourth-order valence-corrected chi connectivity index (χ4v) is 0. The standard InChI is InChI=1S/Au.In.O.Sn. The van der Waals surface area contributed by atoms with E-state index in [1.807, 2.05) is 0 Å². The van der Waals surface area contributed by atoms with Crippen LogP contribution in [-0.2, 0) is 25.5 Å². The molecule has 0 spiro atoms. The van der Waals surface area contributed by atoms with E-state index in [2.05, 4.69) is 0 Å². The molecule has 0 N–H and O–H groups in total. The summed E-state index contributed by atoms with van der Waals surface area (Å²) in [5.74, 6) is 0. The first-order valence-electron chi connectivity index (χ1n) is 0.204. The molecule has 0 aromatic rings. The summed E-state index contributed by atoms with van der Waals surface area (Å²) in [4.78, 5) is 0. The summed E-state index contributed by atoms with van der Waals surface area (Å²) in [7, 11) is 0. The second kappa shape index (κ2) is 18.9. The molecule has 0 aliphatic rings. The molecule has 4 heteroatoms. The van der Waals surface area contributed by atoms with Crippen molar-refractivity contribution in [2.45, 2.75) is 0 Å². The molecule has 0 saturated heterocycles. The van der Waals surface area contributed by atoms with Crippen molar-refractivity contribution < 1.29 is 25.5 Å². The van der Waals surface area contributed by atoms with Crippen LogP contribution in [0.15, 0.2) is 0 Å². The van der Waals surface area contributed by atoms with Crippen molar-refractivity contribution in [1.29, 1.82) is 0 Å². The van der Waals surface area contributed by atoms with E-state index in [1.165, 1.54) is 0 Å². The predicted molar refractivity (Wildman–Crippen MR) is 12.2 cm³/mol. The zero-order valence-corrected chi connectivity index (χ0v) is 10.1. The maximum absolute atomic E-state index is 8.34. The second-order valence-corrected chi connectivity index (χ2v) is 0. The van der Waals surface area contributed by atoms with Crippen LogP contribution in [0.1, 0.15) is 0 Å². The molecule has 24 valence electrons. The molecule has 0 amide bonds. The maximum atomic E-state index is 8.34. The zero-order valence-electron chi connectivity index (χ0n) is 1.79. The average molecular weight is 446 g/mol. The SMILES string of the molecule is [Au].[In].[O]=[Sn]. The Morgan fingerprint density at radius 3 is 1.25 bits per heavy atom. The molecular formula is AuInOSn. The van der Waals surface area contributed by atoms with Gasteiger partial charge in [-0.05, 0) is 0 Å². The van der Waals surface area contributed by atoms with Crippen LogP contribution in [0.2, 0.25) is 0 Å². The van der Waals surface area contributed by atoms with Gasteiger partial charge in [-0.3, -0.25) is 0 Å². The molecule has 0 bridgehead atoms. The van der Waals surface area contributed by atoms with E-state index in [-0.39, 0.29) is 48.2 Å². The van der Waals surface area contributed by atoms with Gasteiger partial charge < -0.3 is 0 Å². The Labute approximate surface area is 72.7 Å². The predicted octanol–water partition coefficient (Wildman–Crippen LogP) is -0.883. The van der Waals surface area contributed by atoms with Crippen LogP contribution in [0.5, 0.6) is 0 Å². The van der Waals surface area contributed by atoms with Crippen LogP contribution in [0.25, 0.3) is 0 Å². The van der Waals surface area contributed by atoms with E-state index in [0.717, 1.165) is 0 Å². The van der Waals surface area contributed by atoms with Crippen LogP contribution < -0.4 is 0 Å². The third-order valence-corrected chi connectivity index (χ3v) is 0. The van der Waals surface area contributed by atoms with Crippen molar-refractivity contribution in [2.75, 3.05) is 0 Å². The van der Waals surface area contributed by atoms with Crippen LogP contribution in [0, 0.1) is 0 Å². The summed E-state index contributed by atoms with van der Waals surface area (Å²) in [6.07, 6.45) is 0. The van der Waals surface area contributed by atoms with E-state index in [9.17, 15) is 0 Å². The van der Waals surface area contributed by atoms with Gasteiger partial charge in [-0.15, -0.1) is 0 Å². The molecule has 0 rings (SSSR count). The molecule has 1 nitrogen and oxygen atoms in total. The summed E-state index contributed by atoms with van der Waals surface area (Å²) < 4.78 is 8.34. The Balaban J connectivity index is -0.00000000500. The van der Waals surface area contributed by atoms with Gasteiger partial charge in [0.15, 0.2) is 0 Å². The van der Waals surface area contributed by atoms with Gasteiger partial charge in [0.1, 0.15) is 0 Å². The number of hydrogen-bond donors (Lipinski definition) is 0. The molecule has 4 heavy (non-hydrogen) atoms. The molecule has 0 saturated carbocycles. The fourth-order valence-electron chi connectivity index (χ4n) is 0. The van der Waals surface area contributed by atoms with E-state index in [1.54, 1.807) is 0 Å². The molecule has 6 radical (unpaired) electrons. The Bertz CT molecular complexity index is 8.00. The first-order chi connectivity index (χ1) is 1.00. The molecule has 0 unspecified atom stereocenters. The zero-order chi connectivity index (χ0) is 2.00. The van der Waals surface area contributed by atoms with Crippen molar-refractivity contribution in [3.8, 4) is 0 Å². The molecule has 0 aliphatic carbocycles. The molecule has 0 fully saturated rings. The van der Waals surface area contributed by atoms with Crippen molar-refractivity contribution in [3.05, 3.63) is 0 Å². The Hall–Kier alpha value is 2.21. The van der Waals surface area contributed by atoms with Crippen molar-refractivity contribution in [3.63, 3.8) is 0 Å². The quantitative estimate of drug-likeness (QED) is 0.442. The van der Waals surface area contributed by atoms with Gasteiger partial charge in [0.2, 0.25) is 0 Å². The van der Waals surface area contributed by atoms with E-state index < -0.39 is 0 Å². The van der Waals surface area contributed by atoms with Gasteiger partial charge >= 0.3 is 25.6 Å². The van der Waals surface area contributed by atoms with Gasteiger partial charge in [0.25, 0.3) is 0 Å². The molecule has 0 aliphatic heterocycles. The van der Waals surface area contributed by atoms with Crippen molar-refractivity contribution >= 4 is 48.4 Å². The summed E-state index contributed by atoms with van der Waals surface area (Å²) in [5, 5.41) is 0. The molecule has 0 heterocycles. The first-order valence-corrected chi connectivity index (χ1v) is 1.37. The van der Waals surface area contributed by atoms with Gasteiger partial charge in [0.05, 0.1) is 0 Å².